The molecule has 0 saturated carbocycles. The standard InChI is InChI=1S/C34H32F3N3O4/c1-33(2,3)44-32(42)39-20-21-43-27-16-12-24(13-17-27)28(23-10-14-26(15-11-23)34(35,36)37)7-5-9-31(41)40-30-8-4-6-25-22-38-19-18-29(25)30/h4-19,22H,20-21H2,1-3H3,(H,39,42)(H,40,41)/b9-5+,28-7+. The molecule has 7 nitrogen and oxygen atoms in total. The van der Waals surface area contributed by atoms with E-state index in [9.17, 15) is 22.8 Å². The van der Waals surface area contributed by atoms with Crippen LogP contribution in [0.1, 0.15) is 37.5 Å². The molecule has 10 heteroatoms. The number of carbonyl (C=O) groups excluding carboxylic acids is 2. The fraction of sp³-hybridized carbons (Fsp3) is 0.206. The molecule has 0 aliphatic carbocycles. The van der Waals surface area contributed by atoms with E-state index in [0.717, 1.165) is 22.9 Å². The lowest BCUT2D eigenvalue weighted by molar-refractivity contribution is -0.137. The first-order chi connectivity index (χ1) is 20.9. The van der Waals surface area contributed by atoms with Crippen LogP contribution in [0.25, 0.3) is 16.3 Å². The van der Waals surface area contributed by atoms with Gasteiger partial charge in [0.25, 0.3) is 0 Å². The molecule has 44 heavy (non-hydrogen) atoms. The molecule has 1 aromatic heterocycles. The molecule has 2 amide bonds. The molecule has 0 radical (unpaired) electrons. The van der Waals surface area contributed by atoms with Gasteiger partial charge in [0.05, 0.1) is 12.1 Å². The number of nitrogens with one attached hydrogen (secondary N) is 2. The number of alkyl halides is 3. The number of ether oxygens (including phenoxy) is 2. The minimum Gasteiger partial charge on any atom is -0.492 e. The Kier molecular flexibility index (Phi) is 10.0. The number of hydrogen-bond acceptors (Lipinski definition) is 5. The van der Waals surface area contributed by atoms with Crippen LogP contribution in [0.4, 0.5) is 23.7 Å². The molecule has 3 aromatic carbocycles. The van der Waals surface area contributed by atoms with E-state index in [4.69, 9.17) is 9.47 Å². The first-order valence-electron chi connectivity index (χ1n) is 13.8. The fourth-order valence-corrected chi connectivity index (χ4v) is 4.20. The minimum absolute atomic E-state index is 0.200. The summed E-state index contributed by atoms with van der Waals surface area (Å²) < 4.78 is 50.4. The van der Waals surface area contributed by atoms with Crippen molar-refractivity contribution in [2.45, 2.75) is 32.5 Å². The first-order valence-corrected chi connectivity index (χ1v) is 13.8. The number of alkyl carbamates (subject to hydrolysis) is 1. The van der Waals surface area contributed by atoms with Gasteiger partial charge >= 0.3 is 12.3 Å². The van der Waals surface area contributed by atoms with E-state index in [1.165, 1.54) is 18.2 Å². The minimum atomic E-state index is -4.46. The first kappa shape index (κ1) is 31.8. The third-order valence-electron chi connectivity index (χ3n) is 6.18. The monoisotopic (exact) mass is 603 g/mol. The number of benzene rings is 3. The molecule has 1 heterocycles. The molecule has 0 saturated heterocycles. The Morgan fingerprint density at radius 2 is 1.59 bits per heavy atom. The zero-order valence-electron chi connectivity index (χ0n) is 24.4. The van der Waals surface area contributed by atoms with Crippen molar-refractivity contribution in [2.75, 3.05) is 18.5 Å². The van der Waals surface area contributed by atoms with E-state index in [-0.39, 0.29) is 19.1 Å². The van der Waals surface area contributed by atoms with Crippen molar-refractivity contribution in [3.05, 3.63) is 120 Å². The molecule has 0 fully saturated rings. The van der Waals surface area contributed by atoms with Crippen molar-refractivity contribution in [1.82, 2.24) is 10.3 Å². The molecular weight excluding hydrogens is 571 g/mol. The number of allylic oxidation sites excluding steroid dienone is 2. The number of rotatable bonds is 9. The Bertz CT molecular complexity index is 1650. The molecule has 0 bridgehead atoms. The second kappa shape index (κ2) is 13.9. The number of anilines is 1. The van der Waals surface area contributed by atoms with Crippen molar-refractivity contribution >= 4 is 34.0 Å². The second-order valence-corrected chi connectivity index (χ2v) is 10.7. The van der Waals surface area contributed by atoms with Crippen LogP contribution < -0.4 is 15.4 Å². The number of fused-ring (bicyclic) bond motifs is 1. The SMILES string of the molecule is CC(C)(C)OC(=O)NCCOc1ccc(/C(=C/C=C/C(=O)Nc2cccc3cnccc23)c2ccc(C(F)(F)F)cc2)cc1. The van der Waals surface area contributed by atoms with Crippen LogP contribution in [0, 0.1) is 0 Å². The number of carbonyl (C=O) groups is 2. The summed E-state index contributed by atoms with van der Waals surface area (Å²) in [6, 6.07) is 19.1. The van der Waals surface area contributed by atoms with Crippen molar-refractivity contribution < 1.29 is 32.2 Å². The Balaban J connectivity index is 1.49. The molecule has 4 rings (SSSR count). The number of hydrogen-bond donors (Lipinski definition) is 2. The van der Waals surface area contributed by atoms with Gasteiger partial charge in [0.2, 0.25) is 5.91 Å². The molecule has 228 valence electrons. The number of halogens is 3. The van der Waals surface area contributed by atoms with Gasteiger partial charge in [0.15, 0.2) is 0 Å². The van der Waals surface area contributed by atoms with Crippen LogP contribution in [0.15, 0.2) is 103 Å². The normalized spacial score (nSPS) is 12.3. The average Bonchev–Trinajstić information content (AvgIpc) is 2.97. The molecule has 2 N–H and O–H groups in total. The molecular formula is C34H32F3N3O4. The maximum atomic E-state index is 13.2. The summed E-state index contributed by atoms with van der Waals surface area (Å²) in [6.45, 7) is 5.74. The van der Waals surface area contributed by atoms with Gasteiger partial charge in [-0.1, -0.05) is 48.6 Å². The van der Waals surface area contributed by atoms with Crippen LogP contribution in [-0.2, 0) is 15.7 Å². The highest BCUT2D eigenvalue weighted by atomic mass is 19.4. The van der Waals surface area contributed by atoms with E-state index < -0.39 is 23.4 Å². The van der Waals surface area contributed by atoms with Gasteiger partial charge in [-0.3, -0.25) is 9.78 Å². The van der Waals surface area contributed by atoms with E-state index in [1.807, 2.05) is 18.2 Å². The molecule has 0 aliphatic rings. The summed E-state index contributed by atoms with van der Waals surface area (Å²) in [5.41, 5.74) is 1.08. The van der Waals surface area contributed by atoms with Crippen molar-refractivity contribution in [1.29, 1.82) is 0 Å². The summed E-state index contributed by atoms with van der Waals surface area (Å²) in [5, 5.41) is 7.19. The fourth-order valence-electron chi connectivity index (χ4n) is 4.20. The third kappa shape index (κ3) is 9.19. The van der Waals surface area contributed by atoms with E-state index in [2.05, 4.69) is 15.6 Å². The van der Waals surface area contributed by atoms with Gasteiger partial charge in [0.1, 0.15) is 18.0 Å². The Labute approximate surface area is 253 Å². The number of amides is 2. The van der Waals surface area contributed by atoms with Gasteiger partial charge in [-0.25, -0.2) is 4.79 Å². The van der Waals surface area contributed by atoms with Crippen molar-refractivity contribution in [3.63, 3.8) is 0 Å². The van der Waals surface area contributed by atoms with Crippen LogP contribution >= 0.6 is 0 Å². The Morgan fingerprint density at radius 1 is 0.909 bits per heavy atom. The van der Waals surface area contributed by atoms with Gasteiger partial charge in [-0.05, 0) is 73.9 Å². The van der Waals surface area contributed by atoms with Crippen LogP contribution in [0.5, 0.6) is 5.75 Å². The maximum absolute atomic E-state index is 13.2. The van der Waals surface area contributed by atoms with Gasteiger partial charge in [-0.15, -0.1) is 0 Å². The largest absolute Gasteiger partial charge is 0.492 e. The highest BCUT2D eigenvalue weighted by Gasteiger charge is 2.30. The second-order valence-electron chi connectivity index (χ2n) is 10.7. The predicted molar refractivity (Wildman–Crippen MR) is 164 cm³/mol. The van der Waals surface area contributed by atoms with Crippen LogP contribution in [0.2, 0.25) is 0 Å². The molecule has 0 unspecified atom stereocenters. The summed E-state index contributed by atoms with van der Waals surface area (Å²) in [7, 11) is 0. The van der Waals surface area contributed by atoms with Crippen LogP contribution in [0.3, 0.4) is 0 Å². The van der Waals surface area contributed by atoms with E-state index >= 15 is 0 Å². The molecule has 0 spiro atoms. The smallest absolute Gasteiger partial charge is 0.416 e. The van der Waals surface area contributed by atoms with Gasteiger partial charge in [0, 0.05) is 34.9 Å². The van der Waals surface area contributed by atoms with E-state index in [0.29, 0.717) is 28.1 Å². The number of pyridine rings is 1. The summed E-state index contributed by atoms with van der Waals surface area (Å²) in [6.07, 6.45) is 2.90. The highest BCUT2D eigenvalue weighted by molar-refractivity contribution is 6.06. The zero-order valence-corrected chi connectivity index (χ0v) is 24.4. The summed E-state index contributed by atoms with van der Waals surface area (Å²) >= 11 is 0. The topological polar surface area (TPSA) is 89.5 Å². The average molecular weight is 604 g/mol. The molecule has 0 aliphatic heterocycles. The lowest BCUT2D eigenvalue weighted by Gasteiger charge is -2.19. The number of aromatic nitrogens is 1. The highest BCUT2D eigenvalue weighted by Crippen LogP contribution is 2.32. The van der Waals surface area contributed by atoms with E-state index in [1.54, 1.807) is 75.6 Å². The predicted octanol–water partition coefficient (Wildman–Crippen LogP) is 7.78. The summed E-state index contributed by atoms with van der Waals surface area (Å²) in [5.74, 6) is 0.160. The lowest BCUT2D eigenvalue weighted by Crippen LogP contribution is -2.34. The quantitative estimate of drug-likeness (QED) is 0.116. The third-order valence-corrected chi connectivity index (χ3v) is 6.18. The van der Waals surface area contributed by atoms with Gasteiger partial charge < -0.3 is 20.1 Å². The van der Waals surface area contributed by atoms with Crippen molar-refractivity contribution in [2.24, 2.45) is 0 Å². The lowest BCUT2D eigenvalue weighted by atomic mass is 9.96. The maximum Gasteiger partial charge on any atom is 0.416 e. The zero-order chi connectivity index (χ0) is 31.7. The molecule has 0 atom stereocenters. The number of nitrogens with zero attached hydrogens (tertiary/aromatic N) is 1. The summed E-state index contributed by atoms with van der Waals surface area (Å²) in [4.78, 5) is 28.6. The Hall–Kier alpha value is -5.12. The molecule has 4 aromatic rings. The Morgan fingerprint density at radius 3 is 2.25 bits per heavy atom. The van der Waals surface area contributed by atoms with Gasteiger partial charge in [-0.2, -0.15) is 13.2 Å². The van der Waals surface area contributed by atoms with Crippen LogP contribution in [-0.4, -0.2) is 35.7 Å². The van der Waals surface area contributed by atoms with Crippen molar-refractivity contribution in [3.8, 4) is 5.75 Å².